The first-order valence-corrected chi connectivity index (χ1v) is 9.94. The maximum absolute atomic E-state index is 13.4. The van der Waals surface area contributed by atoms with E-state index < -0.39 is 11.8 Å². The monoisotopic (exact) mass is 414 g/mol. The molecule has 3 aromatic rings. The number of para-hydroxylation sites is 1. The van der Waals surface area contributed by atoms with Gasteiger partial charge in [-0.2, -0.15) is 0 Å². The Morgan fingerprint density at radius 2 is 1.45 bits per heavy atom. The van der Waals surface area contributed by atoms with Gasteiger partial charge < -0.3 is 14.8 Å². The van der Waals surface area contributed by atoms with Crippen LogP contribution in [0.5, 0.6) is 11.5 Å². The van der Waals surface area contributed by atoms with Crippen molar-refractivity contribution >= 4 is 28.8 Å². The lowest BCUT2D eigenvalue weighted by Gasteiger charge is -2.16. The summed E-state index contributed by atoms with van der Waals surface area (Å²) in [5, 5.41) is 3.14. The largest absolute Gasteiger partial charge is 0.497 e. The second-order valence-electron chi connectivity index (χ2n) is 6.84. The number of hydrogen-bond acceptors (Lipinski definition) is 5. The zero-order valence-corrected chi connectivity index (χ0v) is 17.3. The van der Waals surface area contributed by atoms with Crippen LogP contribution in [0.2, 0.25) is 0 Å². The van der Waals surface area contributed by atoms with Gasteiger partial charge >= 0.3 is 0 Å². The third kappa shape index (κ3) is 4.00. The molecule has 0 aliphatic carbocycles. The van der Waals surface area contributed by atoms with Gasteiger partial charge in [-0.3, -0.25) is 9.59 Å². The molecule has 6 heteroatoms. The van der Waals surface area contributed by atoms with E-state index in [9.17, 15) is 9.59 Å². The third-order valence-corrected chi connectivity index (χ3v) is 4.91. The molecule has 0 unspecified atom stereocenters. The number of rotatable bonds is 7. The van der Waals surface area contributed by atoms with Gasteiger partial charge in [0.15, 0.2) is 0 Å². The van der Waals surface area contributed by atoms with Crippen LogP contribution in [-0.4, -0.2) is 25.5 Å². The Morgan fingerprint density at radius 3 is 2.06 bits per heavy atom. The van der Waals surface area contributed by atoms with E-state index in [4.69, 9.17) is 9.47 Å². The van der Waals surface area contributed by atoms with Crippen LogP contribution in [0.1, 0.15) is 12.5 Å². The molecule has 31 heavy (non-hydrogen) atoms. The summed E-state index contributed by atoms with van der Waals surface area (Å²) in [5.41, 5.74) is 2.38. The lowest BCUT2D eigenvalue weighted by Crippen LogP contribution is -2.32. The fourth-order valence-corrected chi connectivity index (χ4v) is 3.43. The van der Waals surface area contributed by atoms with Gasteiger partial charge in [0.1, 0.15) is 17.2 Å². The number of carbonyl (C=O) groups is 2. The fourth-order valence-electron chi connectivity index (χ4n) is 3.43. The summed E-state index contributed by atoms with van der Waals surface area (Å²) in [5.74, 6) is 0.541. The number of hydrogen-bond donors (Lipinski definition) is 1. The van der Waals surface area contributed by atoms with Crippen LogP contribution in [0, 0.1) is 0 Å². The molecule has 1 N–H and O–H groups in total. The molecule has 1 aliphatic rings. The van der Waals surface area contributed by atoms with E-state index in [1.54, 1.807) is 55.6 Å². The summed E-state index contributed by atoms with van der Waals surface area (Å²) in [6.07, 6.45) is 0. The van der Waals surface area contributed by atoms with Crippen LogP contribution in [-0.2, 0) is 9.59 Å². The van der Waals surface area contributed by atoms with Gasteiger partial charge in [0.25, 0.3) is 11.8 Å². The van der Waals surface area contributed by atoms with Crippen LogP contribution in [0.3, 0.4) is 0 Å². The molecule has 0 saturated carbocycles. The van der Waals surface area contributed by atoms with Crippen molar-refractivity contribution in [2.75, 3.05) is 23.9 Å². The SMILES string of the molecule is CCOc1ccc(C2=C(Nc3ccccc3)C(=O)N(c3ccc(OC)cc3)C2=O)cc1. The van der Waals surface area contributed by atoms with Crippen molar-refractivity contribution in [2.24, 2.45) is 0 Å². The van der Waals surface area contributed by atoms with Gasteiger partial charge in [-0.25, -0.2) is 4.90 Å². The molecular weight excluding hydrogens is 392 g/mol. The van der Waals surface area contributed by atoms with Crippen molar-refractivity contribution < 1.29 is 19.1 Å². The molecular formula is C25H22N2O4. The maximum Gasteiger partial charge on any atom is 0.282 e. The summed E-state index contributed by atoms with van der Waals surface area (Å²) in [4.78, 5) is 28.0. The molecule has 156 valence electrons. The average Bonchev–Trinajstić information content (AvgIpc) is 3.05. The Balaban J connectivity index is 1.76. The molecule has 0 fully saturated rings. The van der Waals surface area contributed by atoms with Crippen molar-refractivity contribution in [1.29, 1.82) is 0 Å². The zero-order chi connectivity index (χ0) is 21.8. The molecule has 6 nitrogen and oxygen atoms in total. The molecule has 3 aromatic carbocycles. The van der Waals surface area contributed by atoms with Crippen molar-refractivity contribution in [3.63, 3.8) is 0 Å². The minimum atomic E-state index is -0.414. The second kappa shape index (κ2) is 8.75. The minimum Gasteiger partial charge on any atom is -0.497 e. The molecule has 1 heterocycles. The number of methoxy groups -OCH3 is 1. The van der Waals surface area contributed by atoms with Gasteiger partial charge in [-0.1, -0.05) is 30.3 Å². The highest BCUT2D eigenvalue weighted by atomic mass is 16.5. The standard InChI is InChI=1S/C25H22N2O4/c1-3-31-21-13-9-17(10-14-21)22-23(26-18-7-5-4-6-8-18)25(29)27(24(22)28)19-11-15-20(30-2)16-12-19/h4-16,26H,3H2,1-2H3. The normalized spacial score (nSPS) is 13.5. The summed E-state index contributed by atoms with van der Waals surface area (Å²) in [6, 6.07) is 23.3. The van der Waals surface area contributed by atoms with Crippen molar-refractivity contribution in [1.82, 2.24) is 0 Å². The molecule has 0 spiro atoms. The Hall–Kier alpha value is -4.06. The Labute approximate surface area is 180 Å². The van der Waals surface area contributed by atoms with Crippen LogP contribution in [0.15, 0.2) is 84.6 Å². The number of anilines is 2. The maximum atomic E-state index is 13.4. The van der Waals surface area contributed by atoms with Crippen LogP contribution in [0.4, 0.5) is 11.4 Å². The molecule has 0 aromatic heterocycles. The molecule has 4 rings (SSSR count). The number of benzene rings is 3. The highest BCUT2D eigenvalue weighted by Gasteiger charge is 2.40. The summed E-state index contributed by atoms with van der Waals surface area (Å²) < 4.78 is 10.7. The topological polar surface area (TPSA) is 67.9 Å². The van der Waals surface area contributed by atoms with Crippen LogP contribution < -0.4 is 19.7 Å². The van der Waals surface area contributed by atoms with E-state index in [1.807, 2.05) is 37.3 Å². The molecule has 0 bridgehead atoms. The number of amides is 2. The molecule has 0 atom stereocenters. The number of ether oxygens (including phenoxy) is 2. The Morgan fingerprint density at radius 1 is 0.806 bits per heavy atom. The van der Waals surface area contributed by atoms with Crippen molar-refractivity contribution in [2.45, 2.75) is 6.92 Å². The van der Waals surface area contributed by atoms with Crippen molar-refractivity contribution in [3.8, 4) is 11.5 Å². The van der Waals surface area contributed by atoms with E-state index in [1.165, 1.54) is 4.90 Å². The predicted molar refractivity (Wildman–Crippen MR) is 120 cm³/mol. The third-order valence-electron chi connectivity index (χ3n) is 4.91. The second-order valence-corrected chi connectivity index (χ2v) is 6.84. The predicted octanol–water partition coefficient (Wildman–Crippen LogP) is 4.49. The Bertz CT molecular complexity index is 1120. The first kappa shape index (κ1) is 20.2. The van der Waals surface area contributed by atoms with Gasteiger partial charge in [0.2, 0.25) is 0 Å². The molecule has 0 radical (unpaired) electrons. The fraction of sp³-hybridized carbons (Fsp3) is 0.120. The van der Waals surface area contributed by atoms with Crippen LogP contribution >= 0.6 is 0 Å². The van der Waals surface area contributed by atoms with Crippen LogP contribution in [0.25, 0.3) is 5.57 Å². The van der Waals surface area contributed by atoms with E-state index in [0.29, 0.717) is 34.9 Å². The zero-order valence-electron chi connectivity index (χ0n) is 17.3. The number of carbonyl (C=O) groups excluding carboxylic acids is 2. The van der Waals surface area contributed by atoms with E-state index in [0.717, 1.165) is 5.69 Å². The summed E-state index contributed by atoms with van der Waals surface area (Å²) in [7, 11) is 1.56. The highest BCUT2D eigenvalue weighted by molar-refractivity contribution is 6.46. The van der Waals surface area contributed by atoms with E-state index in [2.05, 4.69) is 5.32 Å². The Kier molecular flexibility index (Phi) is 5.71. The summed E-state index contributed by atoms with van der Waals surface area (Å²) >= 11 is 0. The number of nitrogens with one attached hydrogen (secondary N) is 1. The minimum absolute atomic E-state index is 0.233. The highest BCUT2D eigenvalue weighted by Crippen LogP contribution is 2.34. The molecule has 0 saturated heterocycles. The number of nitrogens with zero attached hydrogens (tertiary/aromatic N) is 1. The molecule has 1 aliphatic heterocycles. The quantitative estimate of drug-likeness (QED) is 0.577. The van der Waals surface area contributed by atoms with Gasteiger partial charge in [0, 0.05) is 5.69 Å². The van der Waals surface area contributed by atoms with Gasteiger partial charge in [-0.05, 0) is 61.0 Å². The van der Waals surface area contributed by atoms with E-state index in [-0.39, 0.29) is 5.70 Å². The number of imide groups is 1. The van der Waals surface area contributed by atoms with E-state index >= 15 is 0 Å². The lowest BCUT2D eigenvalue weighted by atomic mass is 10.0. The van der Waals surface area contributed by atoms with Crippen molar-refractivity contribution in [3.05, 3.63) is 90.1 Å². The summed E-state index contributed by atoms with van der Waals surface area (Å²) in [6.45, 7) is 2.45. The first-order chi connectivity index (χ1) is 15.1. The van der Waals surface area contributed by atoms with Gasteiger partial charge in [-0.15, -0.1) is 0 Å². The van der Waals surface area contributed by atoms with Gasteiger partial charge in [0.05, 0.1) is 25.0 Å². The smallest absolute Gasteiger partial charge is 0.282 e. The lowest BCUT2D eigenvalue weighted by molar-refractivity contribution is -0.120. The first-order valence-electron chi connectivity index (χ1n) is 9.94. The molecule has 2 amide bonds. The average molecular weight is 414 g/mol.